The van der Waals surface area contributed by atoms with Gasteiger partial charge in [0.05, 0.1) is 17.4 Å². The molecule has 1 nitrogen and oxygen atoms in total. The van der Waals surface area contributed by atoms with E-state index in [0.29, 0.717) is 6.42 Å². The molecule has 0 aliphatic carbocycles. The van der Waals surface area contributed by atoms with Gasteiger partial charge in [0.25, 0.3) is 0 Å². The van der Waals surface area contributed by atoms with Gasteiger partial charge >= 0.3 is 0 Å². The van der Waals surface area contributed by atoms with E-state index in [1.807, 2.05) is 23.6 Å². The highest BCUT2D eigenvalue weighted by molar-refractivity contribution is 7.10. The zero-order valence-corrected chi connectivity index (χ0v) is 6.11. The lowest BCUT2D eigenvalue weighted by Crippen LogP contribution is -1.60. The maximum Gasteiger partial charge on any atom is 0.0966 e. The molecule has 0 aromatic carbocycles. The Morgan fingerprint density at radius 2 is 2.50 bits per heavy atom. The lowest BCUT2D eigenvalue weighted by Gasteiger charge is -1.71. The molecule has 48 valence electrons. The summed E-state index contributed by atoms with van der Waals surface area (Å²) >= 11 is 1.59. The van der Waals surface area contributed by atoms with Gasteiger partial charge in [0.15, 0.2) is 0 Å². The molecule has 0 saturated carbocycles. The fourth-order valence-electron chi connectivity index (χ4n) is 0.521. The predicted molar refractivity (Wildman–Crippen MR) is 41.4 cm³/mol. The molecule has 0 atom stereocenters. The highest BCUT2D eigenvalue weighted by Gasteiger charge is 1.81. The molecular formula is C8H5NS. The molecule has 0 aliphatic rings. The van der Waals surface area contributed by atoms with Gasteiger partial charge in [-0.05, 0) is 11.4 Å². The molecule has 1 aromatic heterocycles. The van der Waals surface area contributed by atoms with E-state index < -0.39 is 0 Å². The molecule has 0 saturated heterocycles. The molecule has 0 unspecified atom stereocenters. The van der Waals surface area contributed by atoms with Crippen molar-refractivity contribution in [3.05, 3.63) is 22.4 Å². The van der Waals surface area contributed by atoms with Gasteiger partial charge in [-0.1, -0.05) is 17.9 Å². The van der Waals surface area contributed by atoms with Gasteiger partial charge < -0.3 is 0 Å². The largest absolute Gasteiger partial charge is 0.197 e. The van der Waals surface area contributed by atoms with Gasteiger partial charge in [0, 0.05) is 0 Å². The summed E-state index contributed by atoms with van der Waals surface area (Å²) in [6.07, 6.45) is 0.317. The monoisotopic (exact) mass is 147 g/mol. The highest BCUT2D eigenvalue weighted by Crippen LogP contribution is 2.05. The van der Waals surface area contributed by atoms with Crippen LogP contribution in [0.15, 0.2) is 17.5 Å². The van der Waals surface area contributed by atoms with Crippen molar-refractivity contribution in [2.24, 2.45) is 0 Å². The molecule has 0 radical (unpaired) electrons. The normalized spacial score (nSPS) is 7.50. The first-order chi connectivity index (χ1) is 4.93. The van der Waals surface area contributed by atoms with E-state index in [-0.39, 0.29) is 0 Å². The minimum absolute atomic E-state index is 0.317. The van der Waals surface area contributed by atoms with Crippen LogP contribution in [0.3, 0.4) is 0 Å². The minimum Gasteiger partial charge on any atom is -0.197 e. The topological polar surface area (TPSA) is 23.8 Å². The number of nitrogens with zero attached hydrogens (tertiary/aromatic N) is 1. The van der Waals surface area contributed by atoms with Crippen LogP contribution in [0.25, 0.3) is 0 Å². The molecule has 0 aliphatic heterocycles. The van der Waals surface area contributed by atoms with Crippen LogP contribution in [0.4, 0.5) is 0 Å². The Morgan fingerprint density at radius 3 is 3.10 bits per heavy atom. The summed E-state index contributed by atoms with van der Waals surface area (Å²) in [5.74, 6) is 5.61. The van der Waals surface area contributed by atoms with E-state index in [1.165, 1.54) is 0 Å². The second kappa shape index (κ2) is 3.71. The highest BCUT2D eigenvalue weighted by atomic mass is 32.1. The van der Waals surface area contributed by atoms with E-state index in [0.717, 1.165) is 4.88 Å². The third kappa shape index (κ3) is 1.93. The number of hydrogen-bond donors (Lipinski definition) is 0. The van der Waals surface area contributed by atoms with Crippen molar-refractivity contribution >= 4 is 11.3 Å². The lowest BCUT2D eigenvalue weighted by molar-refractivity contribution is 1.40. The average Bonchev–Trinajstić information content (AvgIpc) is 2.41. The molecule has 1 aromatic rings. The first-order valence-electron chi connectivity index (χ1n) is 2.83. The number of nitriles is 1. The molecule has 10 heavy (non-hydrogen) atoms. The summed E-state index contributed by atoms with van der Waals surface area (Å²) in [4.78, 5) is 1.02. The Bertz CT molecular complexity index is 281. The Balaban J connectivity index is 2.59. The summed E-state index contributed by atoms with van der Waals surface area (Å²) in [5, 5.41) is 10.1. The summed E-state index contributed by atoms with van der Waals surface area (Å²) in [7, 11) is 0. The van der Waals surface area contributed by atoms with E-state index in [4.69, 9.17) is 5.26 Å². The van der Waals surface area contributed by atoms with Crippen LogP contribution in [0.2, 0.25) is 0 Å². The van der Waals surface area contributed by atoms with Crippen molar-refractivity contribution in [1.29, 1.82) is 5.26 Å². The smallest absolute Gasteiger partial charge is 0.0966 e. The number of rotatable bonds is 0. The quantitative estimate of drug-likeness (QED) is 0.515. The molecule has 1 rings (SSSR count). The minimum atomic E-state index is 0.317. The van der Waals surface area contributed by atoms with Crippen molar-refractivity contribution in [3.63, 3.8) is 0 Å². The maximum absolute atomic E-state index is 8.15. The first kappa shape index (κ1) is 6.86. The summed E-state index contributed by atoms with van der Waals surface area (Å²) < 4.78 is 0. The Labute approximate surface area is 63.9 Å². The predicted octanol–water partition coefficient (Wildman–Crippen LogP) is 2.01. The van der Waals surface area contributed by atoms with Crippen molar-refractivity contribution < 1.29 is 0 Å². The molecular weight excluding hydrogens is 142 g/mol. The fraction of sp³-hybridized carbons (Fsp3) is 0.125. The van der Waals surface area contributed by atoms with E-state index in [2.05, 4.69) is 11.8 Å². The van der Waals surface area contributed by atoms with Gasteiger partial charge in [0.1, 0.15) is 0 Å². The Kier molecular flexibility index (Phi) is 2.55. The lowest BCUT2D eigenvalue weighted by atomic mass is 10.4. The number of thiophene rings is 1. The first-order valence-corrected chi connectivity index (χ1v) is 3.71. The van der Waals surface area contributed by atoms with Crippen LogP contribution in [-0.2, 0) is 0 Å². The Hall–Kier alpha value is -1.25. The molecule has 0 amide bonds. The third-order valence-electron chi connectivity index (χ3n) is 0.900. The average molecular weight is 147 g/mol. The van der Waals surface area contributed by atoms with E-state index in [1.54, 1.807) is 11.3 Å². The van der Waals surface area contributed by atoms with Gasteiger partial charge in [-0.3, -0.25) is 0 Å². The molecule has 0 bridgehead atoms. The zero-order valence-electron chi connectivity index (χ0n) is 5.29. The van der Waals surface area contributed by atoms with Gasteiger partial charge in [-0.25, -0.2) is 0 Å². The van der Waals surface area contributed by atoms with Crippen LogP contribution in [-0.4, -0.2) is 0 Å². The molecule has 0 N–H and O–H groups in total. The maximum atomic E-state index is 8.15. The molecule has 0 fully saturated rings. The second-order valence-electron chi connectivity index (χ2n) is 1.61. The zero-order chi connectivity index (χ0) is 7.23. The van der Waals surface area contributed by atoms with Gasteiger partial charge in [-0.15, -0.1) is 11.3 Å². The number of hydrogen-bond acceptors (Lipinski definition) is 2. The van der Waals surface area contributed by atoms with E-state index in [9.17, 15) is 0 Å². The van der Waals surface area contributed by atoms with Crippen LogP contribution in [0.1, 0.15) is 11.3 Å². The SMILES string of the molecule is N#CCC#Cc1cccs1. The van der Waals surface area contributed by atoms with Crippen molar-refractivity contribution in [2.75, 3.05) is 0 Å². The van der Waals surface area contributed by atoms with Crippen LogP contribution in [0, 0.1) is 23.2 Å². The van der Waals surface area contributed by atoms with Crippen molar-refractivity contribution in [1.82, 2.24) is 0 Å². The Morgan fingerprint density at radius 1 is 1.60 bits per heavy atom. The van der Waals surface area contributed by atoms with Gasteiger partial charge in [0.2, 0.25) is 0 Å². The molecule has 1 heterocycles. The summed E-state index contributed by atoms with van der Waals surface area (Å²) in [6.45, 7) is 0. The van der Waals surface area contributed by atoms with Gasteiger partial charge in [-0.2, -0.15) is 5.26 Å². The third-order valence-corrected chi connectivity index (χ3v) is 1.69. The second-order valence-corrected chi connectivity index (χ2v) is 2.56. The fourth-order valence-corrected chi connectivity index (χ4v) is 1.11. The molecule has 0 spiro atoms. The standard InChI is InChI=1S/C8H5NS/c9-6-2-1-4-8-5-3-7-10-8/h3,5,7H,2H2. The van der Waals surface area contributed by atoms with Crippen molar-refractivity contribution in [3.8, 4) is 17.9 Å². The summed E-state index contributed by atoms with van der Waals surface area (Å²) in [5.41, 5.74) is 0. The van der Waals surface area contributed by atoms with Crippen LogP contribution < -0.4 is 0 Å². The van der Waals surface area contributed by atoms with Crippen molar-refractivity contribution in [2.45, 2.75) is 6.42 Å². The van der Waals surface area contributed by atoms with E-state index >= 15 is 0 Å². The molecule has 2 heteroatoms. The van der Waals surface area contributed by atoms with Crippen LogP contribution in [0.5, 0.6) is 0 Å². The van der Waals surface area contributed by atoms with Crippen LogP contribution >= 0.6 is 11.3 Å². The summed E-state index contributed by atoms with van der Waals surface area (Å²) in [6, 6.07) is 5.85.